The number of benzene rings is 1. The summed E-state index contributed by atoms with van der Waals surface area (Å²) in [4.78, 5) is 0. The molecule has 0 aliphatic heterocycles. The number of anilines is 1. The predicted octanol–water partition coefficient (Wildman–Crippen LogP) is 2.81. The van der Waals surface area contributed by atoms with Crippen molar-refractivity contribution in [3.05, 3.63) is 47.2 Å². The zero-order chi connectivity index (χ0) is 15.5. The summed E-state index contributed by atoms with van der Waals surface area (Å²) in [5.41, 5.74) is 2.50. The molecule has 2 rings (SSSR count). The van der Waals surface area contributed by atoms with Crippen LogP contribution in [-0.4, -0.2) is 15.0 Å². The SMILES string of the molecule is CCNCc1ccc(S(=O)(=O)Nc2cccc(C)c2C)o1. The molecule has 1 aromatic heterocycles. The molecule has 2 N–H and O–H groups in total. The minimum atomic E-state index is -3.70. The molecule has 0 bridgehead atoms. The molecule has 1 heterocycles. The molecule has 0 radical (unpaired) electrons. The topological polar surface area (TPSA) is 71.3 Å². The first kappa shape index (κ1) is 15.6. The normalized spacial score (nSPS) is 11.6. The third-order valence-corrected chi connectivity index (χ3v) is 4.54. The average molecular weight is 308 g/mol. The first-order valence-electron chi connectivity index (χ1n) is 6.82. The molecule has 0 saturated carbocycles. The lowest BCUT2D eigenvalue weighted by Gasteiger charge is -2.10. The fourth-order valence-corrected chi connectivity index (χ4v) is 2.98. The second-order valence-corrected chi connectivity index (χ2v) is 6.47. The molecule has 0 unspecified atom stereocenters. The molecular weight excluding hydrogens is 288 g/mol. The summed E-state index contributed by atoms with van der Waals surface area (Å²) in [6.45, 7) is 7.10. The van der Waals surface area contributed by atoms with E-state index in [0.717, 1.165) is 17.7 Å². The van der Waals surface area contributed by atoms with E-state index in [1.165, 1.54) is 6.07 Å². The summed E-state index contributed by atoms with van der Waals surface area (Å²) in [5, 5.41) is 3.01. The van der Waals surface area contributed by atoms with Crippen LogP contribution in [0.2, 0.25) is 0 Å². The fourth-order valence-electron chi connectivity index (χ4n) is 1.90. The Labute approximate surface area is 125 Å². The van der Waals surface area contributed by atoms with Crippen LogP contribution >= 0.6 is 0 Å². The Balaban J connectivity index is 2.22. The molecule has 0 saturated heterocycles. The molecule has 0 fully saturated rings. The highest BCUT2D eigenvalue weighted by Crippen LogP contribution is 2.23. The quantitative estimate of drug-likeness (QED) is 0.861. The summed E-state index contributed by atoms with van der Waals surface area (Å²) in [6.07, 6.45) is 0. The molecule has 0 atom stereocenters. The van der Waals surface area contributed by atoms with Gasteiger partial charge in [-0.3, -0.25) is 4.72 Å². The fraction of sp³-hybridized carbons (Fsp3) is 0.333. The molecular formula is C15H20N2O3S. The highest BCUT2D eigenvalue weighted by molar-refractivity contribution is 7.92. The van der Waals surface area contributed by atoms with E-state index in [1.54, 1.807) is 12.1 Å². The first-order valence-corrected chi connectivity index (χ1v) is 8.31. The van der Waals surface area contributed by atoms with Gasteiger partial charge in [-0.25, -0.2) is 0 Å². The van der Waals surface area contributed by atoms with Crippen molar-refractivity contribution in [2.24, 2.45) is 0 Å². The second-order valence-electron chi connectivity index (χ2n) is 4.85. The van der Waals surface area contributed by atoms with Gasteiger partial charge in [0, 0.05) is 0 Å². The van der Waals surface area contributed by atoms with E-state index < -0.39 is 10.0 Å². The van der Waals surface area contributed by atoms with Crippen LogP contribution in [0.4, 0.5) is 5.69 Å². The summed E-state index contributed by atoms with van der Waals surface area (Å²) in [7, 11) is -3.70. The van der Waals surface area contributed by atoms with Crippen molar-refractivity contribution in [2.45, 2.75) is 32.4 Å². The molecule has 0 aliphatic carbocycles. The average Bonchev–Trinajstić information content (AvgIpc) is 2.91. The van der Waals surface area contributed by atoms with Gasteiger partial charge < -0.3 is 9.73 Å². The first-order chi connectivity index (χ1) is 9.94. The lowest BCUT2D eigenvalue weighted by molar-refractivity contribution is 0.405. The number of sulfonamides is 1. The maximum atomic E-state index is 12.3. The number of rotatable bonds is 6. The molecule has 21 heavy (non-hydrogen) atoms. The van der Waals surface area contributed by atoms with Crippen molar-refractivity contribution in [1.82, 2.24) is 5.32 Å². The predicted molar refractivity (Wildman–Crippen MR) is 82.8 cm³/mol. The van der Waals surface area contributed by atoms with Crippen LogP contribution in [0.1, 0.15) is 23.8 Å². The van der Waals surface area contributed by atoms with E-state index >= 15 is 0 Å². The van der Waals surface area contributed by atoms with Crippen molar-refractivity contribution in [1.29, 1.82) is 0 Å². The van der Waals surface area contributed by atoms with Crippen LogP contribution in [0.25, 0.3) is 0 Å². The van der Waals surface area contributed by atoms with E-state index in [1.807, 2.05) is 32.9 Å². The van der Waals surface area contributed by atoms with E-state index in [4.69, 9.17) is 4.42 Å². The van der Waals surface area contributed by atoms with Crippen LogP contribution in [0.5, 0.6) is 0 Å². The number of furan rings is 1. The Morgan fingerprint density at radius 2 is 1.90 bits per heavy atom. The van der Waals surface area contributed by atoms with Crippen LogP contribution in [0.3, 0.4) is 0 Å². The Morgan fingerprint density at radius 3 is 2.62 bits per heavy atom. The molecule has 0 spiro atoms. The van der Waals surface area contributed by atoms with Crippen LogP contribution < -0.4 is 10.0 Å². The maximum Gasteiger partial charge on any atom is 0.295 e. The van der Waals surface area contributed by atoms with E-state index in [2.05, 4.69) is 10.0 Å². The highest BCUT2D eigenvalue weighted by Gasteiger charge is 2.19. The van der Waals surface area contributed by atoms with Gasteiger partial charge in [-0.1, -0.05) is 19.1 Å². The van der Waals surface area contributed by atoms with Gasteiger partial charge in [-0.2, -0.15) is 8.42 Å². The summed E-state index contributed by atoms with van der Waals surface area (Å²) >= 11 is 0. The van der Waals surface area contributed by atoms with E-state index in [0.29, 0.717) is 18.0 Å². The zero-order valence-electron chi connectivity index (χ0n) is 12.4. The van der Waals surface area contributed by atoms with Gasteiger partial charge in [0.2, 0.25) is 5.09 Å². The summed E-state index contributed by atoms with van der Waals surface area (Å²) < 4.78 is 32.6. The number of aryl methyl sites for hydroxylation is 1. The standard InChI is InChI=1S/C15H20N2O3S/c1-4-16-10-13-8-9-15(20-13)21(18,19)17-14-7-5-6-11(2)12(14)3/h5-9,16-17H,4,10H2,1-3H3. The number of hydrogen-bond donors (Lipinski definition) is 2. The van der Waals surface area contributed by atoms with Gasteiger partial charge in [0.05, 0.1) is 12.2 Å². The molecule has 6 heteroatoms. The minimum absolute atomic E-state index is 0.0729. The Hall–Kier alpha value is -1.79. The Morgan fingerprint density at radius 1 is 1.14 bits per heavy atom. The monoisotopic (exact) mass is 308 g/mol. The zero-order valence-corrected chi connectivity index (χ0v) is 13.3. The van der Waals surface area contributed by atoms with Crippen LogP contribution in [-0.2, 0) is 16.6 Å². The molecule has 0 aliphatic rings. The number of nitrogens with one attached hydrogen (secondary N) is 2. The summed E-state index contributed by atoms with van der Waals surface area (Å²) in [5.74, 6) is 0.596. The van der Waals surface area contributed by atoms with Crippen molar-refractivity contribution in [3.63, 3.8) is 0 Å². The molecule has 5 nitrogen and oxygen atoms in total. The van der Waals surface area contributed by atoms with Gasteiger partial charge in [-0.05, 0) is 49.7 Å². The maximum absolute atomic E-state index is 12.3. The molecule has 1 aromatic carbocycles. The van der Waals surface area contributed by atoms with Crippen LogP contribution in [0, 0.1) is 13.8 Å². The van der Waals surface area contributed by atoms with Crippen LogP contribution in [0.15, 0.2) is 39.8 Å². The minimum Gasteiger partial charge on any atom is -0.446 e. The Kier molecular flexibility index (Phi) is 4.69. The largest absolute Gasteiger partial charge is 0.446 e. The lowest BCUT2D eigenvalue weighted by Crippen LogP contribution is -2.13. The summed E-state index contributed by atoms with van der Waals surface area (Å²) in [6, 6.07) is 8.64. The third-order valence-electron chi connectivity index (χ3n) is 3.30. The molecule has 0 amide bonds. The van der Waals surface area contributed by atoms with Gasteiger partial charge in [0.15, 0.2) is 0 Å². The van der Waals surface area contributed by atoms with Crippen molar-refractivity contribution >= 4 is 15.7 Å². The Bertz CT molecular complexity index is 720. The number of hydrogen-bond acceptors (Lipinski definition) is 4. The lowest BCUT2D eigenvalue weighted by atomic mass is 10.1. The third kappa shape index (κ3) is 3.65. The van der Waals surface area contributed by atoms with Crippen molar-refractivity contribution in [2.75, 3.05) is 11.3 Å². The highest BCUT2D eigenvalue weighted by atomic mass is 32.2. The van der Waals surface area contributed by atoms with Crippen molar-refractivity contribution < 1.29 is 12.8 Å². The smallest absolute Gasteiger partial charge is 0.295 e. The molecule has 2 aromatic rings. The van der Waals surface area contributed by atoms with Gasteiger partial charge >= 0.3 is 0 Å². The second kappa shape index (κ2) is 6.32. The van der Waals surface area contributed by atoms with Gasteiger partial charge in [0.1, 0.15) is 5.76 Å². The molecule has 114 valence electrons. The van der Waals surface area contributed by atoms with E-state index in [9.17, 15) is 8.42 Å². The van der Waals surface area contributed by atoms with Gasteiger partial charge in [-0.15, -0.1) is 0 Å². The van der Waals surface area contributed by atoms with E-state index in [-0.39, 0.29) is 5.09 Å². The van der Waals surface area contributed by atoms with Crippen molar-refractivity contribution in [3.8, 4) is 0 Å². The van der Waals surface area contributed by atoms with Gasteiger partial charge in [0.25, 0.3) is 10.0 Å².